The Morgan fingerprint density at radius 1 is 1.22 bits per heavy atom. The van der Waals surface area contributed by atoms with Gasteiger partial charge < -0.3 is 4.74 Å². The average Bonchev–Trinajstić information content (AvgIpc) is 2.53. The SMILES string of the molecule is CCCCCCCC1=C(Br)C(=O)OC1(Br)C(Br)Br. The maximum Gasteiger partial charge on any atom is 0.347 e. The van der Waals surface area contributed by atoms with Gasteiger partial charge in [0.15, 0.2) is 0 Å². The predicted molar refractivity (Wildman–Crippen MR) is 88.7 cm³/mol. The first-order chi connectivity index (χ1) is 8.43. The molecule has 1 heterocycles. The van der Waals surface area contributed by atoms with Crippen LogP contribution < -0.4 is 0 Å². The van der Waals surface area contributed by atoms with Gasteiger partial charge in [0.2, 0.25) is 4.51 Å². The van der Waals surface area contributed by atoms with Crippen molar-refractivity contribution < 1.29 is 9.53 Å². The molecule has 0 saturated carbocycles. The van der Waals surface area contributed by atoms with Crippen LogP contribution in [0.25, 0.3) is 0 Å². The van der Waals surface area contributed by atoms with Crippen LogP contribution in [0.4, 0.5) is 0 Å². The Balaban J connectivity index is 2.62. The summed E-state index contributed by atoms with van der Waals surface area (Å²) in [4.78, 5) is 11.6. The molecule has 0 bridgehead atoms. The number of alkyl halides is 3. The Morgan fingerprint density at radius 3 is 2.39 bits per heavy atom. The second-order valence-corrected chi connectivity index (χ2v) is 9.32. The Kier molecular flexibility index (Phi) is 7.44. The van der Waals surface area contributed by atoms with Gasteiger partial charge in [-0.1, -0.05) is 64.5 Å². The average molecular weight is 512 g/mol. The van der Waals surface area contributed by atoms with E-state index in [0.29, 0.717) is 4.48 Å². The molecule has 0 aliphatic carbocycles. The summed E-state index contributed by atoms with van der Waals surface area (Å²) in [6.07, 6.45) is 6.87. The zero-order chi connectivity index (χ0) is 13.8. The van der Waals surface area contributed by atoms with Crippen molar-refractivity contribution in [2.75, 3.05) is 0 Å². The summed E-state index contributed by atoms with van der Waals surface area (Å²) in [6.45, 7) is 2.20. The molecule has 0 saturated heterocycles. The Hall–Kier alpha value is 1.13. The third kappa shape index (κ3) is 4.06. The summed E-state index contributed by atoms with van der Waals surface area (Å²) in [5, 5.41) is 0. The van der Waals surface area contributed by atoms with Crippen LogP contribution in [0.15, 0.2) is 10.1 Å². The highest BCUT2D eigenvalue weighted by Crippen LogP contribution is 2.49. The summed E-state index contributed by atoms with van der Waals surface area (Å²) < 4.78 is 5.01. The number of halogens is 4. The first-order valence-corrected chi connectivity index (χ1v) is 9.44. The largest absolute Gasteiger partial charge is 0.437 e. The smallest absolute Gasteiger partial charge is 0.347 e. The van der Waals surface area contributed by atoms with Crippen LogP contribution in [0.1, 0.15) is 45.4 Å². The van der Waals surface area contributed by atoms with Gasteiger partial charge in [0, 0.05) is 5.57 Å². The number of cyclic esters (lactones) is 1. The fourth-order valence-corrected chi connectivity index (χ4v) is 4.00. The number of carbonyl (C=O) groups is 1. The van der Waals surface area contributed by atoms with E-state index >= 15 is 0 Å². The standard InChI is InChI=1S/C12H16Br4O2/c1-2-3-4-5-6-7-8-9(13)10(17)18-12(8,16)11(14)15/h11H,2-7H2,1H3. The molecule has 0 aromatic carbocycles. The molecule has 0 spiro atoms. The molecule has 104 valence electrons. The van der Waals surface area contributed by atoms with Gasteiger partial charge in [0.05, 0.1) is 0 Å². The molecule has 0 amide bonds. The second kappa shape index (κ2) is 7.79. The lowest BCUT2D eigenvalue weighted by atomic mass is 10.0. The van der Waals surface area contributed by atoms with Crippen LogP contribution >= 0.6 is 63.7 Å². The minimum Gasteiger partial charge on any atom is -0.437 e. The molecule has 0 aromatic rings. The van der Waals surface area contributed by atoms with Crippen LogP contribution in [-0.4, -0.2) is 14.2 Å². The van der Waals surface area contributed by atoms with Gasteiger partial charge in [-0.05, 0) is 44.7 Å². The van der Waals surface area contributed by atoms with Crippen molar-refractivity contribution in [2.24, 2.45) is 0 Å². The fraction of sp³-hybridized carbons (Fsp3) is 0.750. The lowest BCUT2D eigenvalue weighted by Crippen LogP contribution is -2.31. The summed E-state index contributed by atoms with van der Waals surface area (Å²) in [5.41, 5.74) is 0.975. The fourth-order valence-electron chi connectivity index (χ4n) is 1.88. The first kappa shape index (κ1) is 17.2. The zero-order valence-corrected chi connectivity index (χ0v) is 16.5. The Morgan fingerprint density at radius 2 is 1.83 bits per heavy atom. The molecule has 0 fully saturated rings. The van der Waals surface area contributed by atoms with Crippen LogP contribution in [-0.2, 0) is 9.53 Å². The van der Waals surface area contributed by atoms with E-state index in [1.54, 1.807) is 0 Å². The van der Waals surface area contributed by atoms with E-state index in [9.17, 15) is 4.79 Å². The minimum absolute atomic E-state index is 0.151. The quantitative estimate of drug-likeness (QED) is 0.247. The molecule has 6 heteroatoms. The molecule has 18 heavy (non-hydrogen) atoms. The van der Waals surface area contributed by atoms with Crippen LogP contribution in [0, 0.1) is 0 Å². The van der Waals surface area contributed by atoms with E-state index in [1.165, 1.54) is 25.7 Å². The summed E-state index contributed by atoms with van der Waals surface area (Å²) in [5.74, 6) is -0.306. The van der Waals surface area contributed by atoms with Crippen molar-refractivity contribution in [2.45, 2.75) is 53.7 Å². The van der Waals surface area contributed by atoms with Crippen LogP contribution in [0.2, 0.25) is 0 Å². The molecule has 1 aliphatic rings. The van der Waals surface area contributed by atoms with Crippen molar-refractivity contribution in [3.05, 3.63) is 10.1 Å². The number of ether oxygens (including phenoxy) is 1. The molecule has 2 nitrogen and oxygen atoms in total. The van der Waals surface area contributed by atoms with E-state index in [1.807, 2.05) is 0 Å². The van der Waals surface area contributed by atoms with Crippen molar-refractivity contribution in [1.82, 2.24) is 0 Å². The highest BCUT2D eigenvalue weighted by Gasteiger charge is 2.48. The van der Waals surface area contributed by atoms with Crippen molar-refractivity contribution in [3.8, 4) is 0 Å². The predicted octanol–water partition coefficient (Wildman–Crippen LogP) is 5.76. The van der Waals surface area contributed by atoms with Gasteiger partial charge in [-0.3, -0.25) is 0 Å². The van der Waals surface area contributed by atoms with Crippen molar-refractivity contribution in [1.29, 1.82) is 0 Å². The lowest BCUT2D eigenvalue weighted by molar-refractivity contribution is -0.139. The monoisotopic (exact) mass is 508 g/mol. The van der Waals surface area contributed by atoms with Gasteiger partial charge in [0.25, 0.3) is 0 Å². The van der Waals surface area contributed by atoms with Gasteiger partial charge in [-0.2, -0.15) is 0 Å². The number of unbranched alkanes of at least 4 members (excludes halogenated alkanes) is 4. The number of hydrogen-bond donors (Lipinski definition) is 0. The highest BCUT2D eigenvalue weighted by molar-refractivity contribution is 9.25. The third-order valence-corrected chi connectivity index (χ3v) is 7.33. The van der Waals surface area contributed by atoms with E-state index in [4.69, 9.17) is 4.74 Å². The van der Waals surface area contributed by atoms with Gasteiger partial charge >= 0.3 is 5.97 Å². The van der Waals surface area contributed by atoms with E-state index in [-0.39, 0.29) is 9.71 Å². The molecular weight excluding hydrogens is 496 g/mol. The van der Waals surface area contributed by atoms with E-state index < -0.39 is 4.51 Å². The second-order valence-electron chi connectivity index (χ2n) is 4.29. The maximum atomic E-state index is 11.6. The number of rotatable bonds is 7. The topological polar surface area (TPSA) is 26.3 Å². The third-order valence-electron chi connectivity index (χ3n) is 2.91. The maximum absolute atomic E-state index is 11.6. The Labute approximate surface area is 142 Å². The summed E-state index contributed by atoms with van der Waals surface area (Å²) in [6, 6.07) is 0. The normalized spacial score (nSPS) is 24.0. The Bertz CT molecular complexity index is 341. The molecule has 1 atom stereocenters. The van der Waals surface area contributed by atoms with Crippen LogP contribution in [0.5, 0.6) is 0 Å². The molecule has 1 rings (SSSR count). The molecule has 0 radical (unpaired) electrons. The zero-order valence-electron chi connectivity index (χ0n) is 10.1. The molecule has 1 unspecified atom stereocenters. The van der Waals surface area contributed by atoms with Gasteiger partial charge in [-0.25, -0.2) is 4.79 Å². The molecule has 1 aliphatic heterocycles. The first-order valence-electron chi connectivity index (χ1n) is 6.03. The highest BCUT2D eigenvalue weighted by atomic mass is 79.9. The van der Waals surface area contributed by atoms with Crippen molar-refractivity contribution in [3.63, 3.8) is 0 Å². The number of esters is 1. The molecule has 0 N–H and O–H groups in total. The van der Waals surface area contributed by atoms with E-state index in [0.717, 1.165) is 18.4 Å². The summed E-state index contributed by atoms with van der Waals surface area (Å²) in [7, 11) is 0. The van der Waals surface area contributed by atoms with Gasteiger partial charge in [0.1, 0.15) is 8.22 Å². The lowest BCUT2D eigenvalue weighted by Gasteiger charge is -2.26. The van der Waals surface area contributed by atoms with E-state index in [2.05, 4.69) is 70.6 Å². The summed E-state index contributed by atoms with van der Waals surface area (Å²) >= 11 is 13.7. The van der Waals surface area contributed by atoms with Gasteiger partial charge in [-0.15, -0.1) is 0 Å². The number of hydrogen-bond acceptors (Lipinski definition) is 2. The number of carbonyl (C=O) groups excluding carboxylic acids is 1. The minimum atomic E-state index is -0.770. The van der Waals surface area contributed by atoms with Crippen LogP contribution in [0.3, 0.4) is 0 Å². The van der Waals surface area contributed by atoms with Crippen molar-refractivity contribution >= 4 is 69.7 Å². The molecular formula is C12H16Br4O2. The molecule has 0 aromatic heterocycles.